The first-order chi connectivity index (χ1) is 7.15. The molecule has 0 aromatic rings. The van der Waals surface area contributed by atoms with Crippen LogP contribution in [0.15, 0.2) is 0 Å². The lowest BCUT2D eigenvalue weighted by atomic mass is 9.75. The Morgan fingerprint density at radius 2 is 1.87 bits per heavy atom. The van der Waals surface area contributed by atoms with Crippen LogP contribution < -0.4 is 0 Å². The number of hydrogen-bond acceptors (Lipinski definition) is 2. The van der Waals surface area contributed by atoms with E-state index in [2.05, 4.69) is 13.8 Å². The third-order valence-corrected chi connectivity index (χ3v) is 4.07. The van der Waals surface area contributed by atoms with E-state index in [1.54, 1.807) is 7.11 Å². The van der Waals surface area contributed by atoms with Crippen LogP contribution >= 0.6 is 0 Å². The summed E-state index contributed by atoms with van der Waals surface area (Å²) in [6, 6.07) is 0. The highest BCUT2D eigenvalue weighted by atomic mass is 16.5. The van der Waals surface area contributed by atoms with Gasteiger partial charge in [-0.15, -0.1) is 0 Å². The van der Waals surface area contributed by atoms with Gasteiger partial charge in [0.1, 0.15) is 0 Å². The number of aliphatic hydroxyl groups is 1. The van der Waals surface area contributed by atoms with Crippen LogP contribution in [-0.2, 0) is 4.74 Å². The average Bonchev–Trinajstić information content (AvgIpc) is 2.20. The molecular weight excluding hydrogens is 188 g/mol. The molecule has 1 rings (SSSR count). The van der Waals surface area contributed by atoms with Gasteiger partial charge in [0, 0.05) is 13.5 Å². The minimum atomic E-state index is -0.171. The maximum absolute atomic E-state index is 10.0. The van der Waals surface area contributed by atoms with E-state index in [9.17, 15) is 5.11 Å². The van der Waals surface area contributed by atoms with Crippen LogP contribution in [-0.4, -0.2) is 23.9 Å². The molecule has 1 atom stereocenters. The first-order valence-electron chi connectivity index (χ1n) is 6.39. The molecular formula is C13H26O2. The van der Waals surface area contributed by atoms with E-state index in [0.717, 1.165) is 25.7 Å². The van der Waals surface area contributed by atoms with Crippen molar-refractivity contribution in [2.75, 3.05) is 7.11 Å². The smallest absolute Gasteiger partial charge is 0.0703 e. The fourth-order valence-electron chi connectivity index (χ4n) is 2.58. The van der Waals surface area contributed by atoms with Gasteiger partial charge in [0.25, 0.3) is 0 Å². The minimum Gasteiger partial charge on any atom is -0.393 e. The third kappa shape index (κ3) is 3.46. The highest BCUT2D eigenvalue weighted by Crippen LogP contribution is 2.39. The molecule has 0 amide bonds. The second-order valence-electron chi connectivity index (χ2n) is 5.02. The molecule has 90 valence electrons. The van der Waals surface area contributed by atoms with E-state index in [4.69, 9.17) is 4.74 Å². The van der Waals surface area contributed by atoms with Crippen LogP contribution in [0.4, 0.5) is 0 Å². The highest BCUT2D eigenvalue weighted by molar-refractivity contribution is 4.91. The van der Waals surface area contributed by atoms with Crippen LogP contribution in [0.5, 0.6) is 0 Å². The molecule has 1 aliphatic rings. The van der Waals surface area contributed by atoms with Crippen molar-refractivity contribution in [2.24, 2.45) is 5.92 Å². The lowest BCUT2D eigenvalue weighted by molar-refractivity contribution is -0.102. The zero-order valence-electron chi connectivity index (χ0n) is 10.5. The molecule has 1 saturated carbocycles. The molecule has 1 aliphatic carbocycles. The number of hydrogen-bond donors (Lipinski definition) is 1. The number of methoxy groups -OCH3 is 1. The summed E-state index contributed by atoms with van der Waals surface area (Å²) in [5.74, 6) is 0.675. The third-order valence-electron chi connectivity index (χ3n) is 4.07. The van der Waals surface area contributed by atoms with Crippen molar-refractivity contribution in [1.82, 2.24) is 0 Å². The van der Waals surface area contributed by atoms with Gasteiger partial charge in [-0.1, -0.05) is 26.7 Å². The first-order valence-corrected chi connectivity index (χ1v) is 6.39. The second kappa shape index (κ2) is 5.86. The van der Waals surface area contributed by atoms with Gasteiger partial charge in [0.05, 0.1) is 11.7 Å². The van der Waals surface area contributed by atoms with E-state index >= 15 is 0 Å². The zero-order valence-corrected chi connectivity index (χ0v) is 10.5. The van der Waals surface area contributed by atoms with Crippen molar-refractivity contribution in [2.45, 2.75) is 70.5 Å². The van der Waals surface area contributed by atoms with E-state index in [1.165, 1.54) is 19.3 Å². The molecule has 15 heavy (non-hydrogen) atoms. The minimum absolute atomic E-state index is 0.0193. The predicted molar refractivity (Wildman–Crippen MR) is 62.9 cm³/mol. The Hall–Kier alpha value is -0.0800. The van der Waals surface area contributed by atoms with Crippen LogP contribution in [0.3, 0.4) is 0 Å². The van der Waals surface area contributed by atoms with Crippen LogP contribution in [0.1, 0.15) is 58.8 Å². The van der Waals surface area contributed by atoms with Gasteiger partial charge in [-0.25, -0.2) is 0 Å². The van der Waals surface area contributed by atoms with Gasteiger partial charge in [-0.3, -0.25) is 0 Å². The highest BCUT2D eigenvalue weighted by Gasteiger charge is 2.38. The van der Waals surface area contributed by atoms with Gasteiger partial charge in [0.15, 0.2) is 0 Å². The maximum atomic E-state index is 10.0. The Kier molecular flexibility index (Phi) is 5.07. The largest absolute Gasteiger partial charge is 0.393 e. The maximum Gasteiger partial charge on any atom is 0.0703 e. The summed E-state index contributed by atoms with van der Waals surface area (Å²) in [6.07, 6.45) is 7.47. The topological polar surface area (TPSA) is 29.5 Å². The Balaban J connectivity index is 2.30. The quantitative estimate of drug-likeness (QED) is 0.705. The van der Waals surface area contributed by atoms with Crippen molar-refractivity contribution >= 4 is 0 Å². The summed E-state index contributed by atoms with van der Waals surface area (Å²) >= 11 is 0. The van der Waals surface area contributed by atoms with Crippen molar-refractivity contribution in [3.8, 4) is 0 Å². The van der Waals surface area contributed by atoms with E-state index in [0.29, 0.717) is 5.92 Å². The number of rotatable bonds is 7. The average molecular weight is 214 g/mol. The van der Waals surface area contributed by atoms with Crippen LogP contribution in [0.25, 0.3) is 0 Å². The Bertz CT molecular complexity index is 166. The van der Waals surface area contributed by atoms with E-state index in [1.807, 2.05) is 0 Å². The first kappa shape index (κ1) is 13.0. The van der Waals surface area contributed by atoms with E-state index < -0.39 is 0 Å². The van der Waals surface area contributed by atoms with Gasteiger partial charge in [-0.2, -0.15) is 0 Å². The molecule has 0 aliphatic heterocycles. The summed E-state index contributed by atoms with van der Waals surface area (Å²) in [5, 5.41) is 10.0. The molecule has 2 nitrogen and oxygen atoms in total. The monoisotopic (exact) mass is 214 g/mol. The lowest BCUT2D eigenvalue weighted by Crippen LogP contribution is -2.42. The number of ether oxygens (including phenoxy) is 1. The van der Waals surface area contributed by atoms with Crippen molar-refractivity contribution in [3.05, 3.63) is 0 Å². The van der Waals surface area contributed by atoms with Gasteiger partial charge < -0.3 is 9.84 Å². The van der Waals surface area contributed by atoms with Gasteiger partial charge in [0.2, 0.25) is 0 Å². The Morgan fingerprint density at radius 3 is 2.20 bits per heavy atom. The fourth-order valence-corrected chi connectivity index (χ4v) is 2.58. The summed E-state index contributed by atoms with van der Waals surface area (Å²) in [4.78, 5) is 0. The SMILES string of the molecule is CCC(CC)CC(O)CC1(OC)CCC1. The van der Waals surface area contributed by atoms with Crippen LogP contribution in [0, 0.1) is 5.92 Å². The van der Waals surface area contributed by atoms with Crippen LogP contribution in [0.2, 0.25) is 0 Å². The summed E-state index contributed by atoms with van der Waals surface area (Å²) in [6.45, 7) is 4.41. The predicted octanol–water partition coefficient (Wildman–Crippen LogP) is 3.13. The second-order valence-corrected chi connectivity index (χ2v) is 5.02. The van der Waals surface area contributed by atoms with Crippen molar-refractivity contribution in [1.29, 1.82) is 0 Å². The van der Waals surface area contributed by atoms with Crippen molar-refractivity contribution < 1.29 is 9.84 Å². The Morgan fingerprint density at radius 1 is 1.27 bits per heavy atom. The fraction of sp³-hybridized carbons (Fsp3) is 1.00. The summed E-state index contributed by atoms with van der Waals surface area (Å²) < 4.78 is 5.53. The molecule has 0 radical (unpaired) electrons. The standard InChI is InChI=1S/C13H26O2/c1-4-11(5-2)9-12(14)10-13(15-3)7-6-8-13/h11-12,14H,4-10H2,1-3H3. The normalized spacial score (nSPS) is 21.4. The molecule has 0 aromatic heterocycles. The molecule has 0 heterocycles. The number of aliphatic hydroxyl groups excluding tert-OH is 1. The van der Waals surface area contributed by atoms with Gasteiger partial charge in [-0.05, 0) is 31.6 Å². The molecule has 0 saturated heterocycles. The lowest BCUT2D eigenvalue weighted by Gasteiger charge is -2.42. The molecule has 2 heteroatoms. The van der Waals surface area contributed by atoms with Crippen molar-refractivity contribution in [3.63, 3.8) is 0 Å². The Labute approximate surface area is 94.0 Å². The summed E-state index contributed by atoms with van der Waals surface area (Å²) in [5.41, 5.74) is 0.0193. The summed E-state index contributed by atoms with van der Waals surface area (Å²) in [7, 11) is 1.78. The molecule has 1 N–H and O–H groups in total. The molecule has 0 bridgehead atoms. The zero-order chi connectivity index (χ0) is 11.3. The molecule has 1 unspecified atom stereocenters. The molecule has 0 spiro atoms. The van der Waals surface area contributed by atoms with Gasteiger partial charge >= 0.3 is 0 Å². The molecule has 0 aromatic carbocycles. The molecule has 1 fully saturated rings. The van der Waals surface area contributed by atoms with E-state index in [-0.39, 0.29) is 11.7 Å².